The van der Waals surface area contributed by atoms with Crippen molar-refractivity contribution in [2.45, 2.75) is 44.5 Å². The standard InChI is InChI=1S/C20H25F3N2O2/c21-20(22,23)27-18-9-6-16(7-10-18)8-11-19(26)25-14-4-5-17(25)15-24-12-2-1-3-13-24/h6-11,17H,1-5,12-15H2/t17-/m0/s1. The molecule has 0 radical (unpaired) electrons. The van der Waals surface area contributed by atoms with Gasteiger partial charge < -0.3 is 14.5 Å². The van der Waals surface area contributed by atoms with Gasteiger partial charge in [0.05, 0.1) is 0 Å². The lowest BCUT2D eigenvalue weighted by atomic mass is 10.1. The maximum atomic E-state index is 12.6. The minimum Gasteiger partial charge on any atom is -0.406 e. The smallest absolute Gasteiger partial charge is 0.406 e. The lowest BCUT2D eigenvalue weighted by Crippen LogP contribution is -2.44. The molecule has 0 spiro atoms. The van der Waals surface area contributed by atoms with Gasteiger partial charge in [0.25, 0.3) is 0 Å². The topological polar surface area (TPSA) is 32.8 Å². The number of carbonyl (C=O) groups excluding carboxylic acids is 1. The molecule has 0 N–H and O–H groups in total. The van der Waals surface area contributed by atoms with Gasteiger partial charge in [-0.1, -0.05) is 18.6 Å². The van der Waals surface area contributed by atoms with Crippen molar-refractivity contribution in [3.63, 3.8) is 0 Å². The SMILES string of the molecule is O=C(C=Cc1ccc(OC(F)(F)F)cc1)N1CCC[C@H]1CN1CCCCC1. The molecule has 148 valence electrons. The van der Waals surface area contributed by atoms with E-state index in [1.165, 1.54) is 49.6 Å². The van der Waals surface area contributed by atoms with Crippen LogP contribution < -0.4 is 4.74 Å². The van der Waals surface area contributed by atoms with E-state index >= 15 is 0 Å². The summed E-state index contributed by atoms with van der Waals surface area (Å²) in [5.74, 6) is -0.308. The van der Waals surface area contributed by atoms with Gasteiger partial charge in [0.2, 0.25) is 5.91 Å². The van der Waals surface area contributed by atoms with Gasteiger partial charge in [-0.2, -0.15) is 0 Å². The van der Waals surface area contributed by atoms with Gasteiger partial charge in [-0.15, -0.1) is 13.2 Å². The summed E-state index contributed by atoms with van der Waals surface area (Å²) in [6.45, 7) is 3.92. The summed E-state index contributed by atoms with van der Waals surface area (Å²) in [5.41, 5.74) is 0.657. The number of rotatable bonds is 5. The summed E-state index contributed by atoms with van der Waals surface area (Å²) in [4.78, 5) is 16.9. The highest BCUT2D eigenvalue weighted by molar-refractivity contribution is 5.92. The van der Waals surface area contributed by atoms with Crippen molar-refractivity contribution in [2.24, 2.45) is 0 Å². The Hall–Kier alpha value is -2.02. The maximum Gasteiger partial charge on any atom is 0.573 e. The third-order valence-corrected chi connectivity index (χ3v) is 5.11. The second-order valence-electron chi connectivity index (χ2n) is 7.14. The minimum absolute atomic E-state index is 0.0369. The van der Waals surface area contributed by atoms with Crippen molar-refractivity contribution in [1.82, 2.24) is 9.80 Å². The molecular weight excluding hydrogens is 357 g/mol. The molecule has 1 amide bonds. The first kappa shape index (κ1) is 19.7. The Bertz CT molecular complexity index is 652. The predicted octanol–water partition coefficient (Wildman–Crippen LogP) is 4.08. The summed E-state index contributed by atoms with van der Waals surface area (Å²) >= 11 is 0. The summed E-state index contributed by atoms with van der Waals surface area (Å²) in [5, 5.41) is 0. The number of benzene rings is 1. The van der Waals surface area contributed by atoms with Crippen LogP contribution in [0.5, 0.6) is 5.75 Å². The molecule has 2 aliphatic heterocycles. The van der Waals surface area contributed by atoms with Gasteiger partial charge >= 0.3 is 6.36 Å². The monoisotopic (exact) mass is 382 g/mol. The predicted molar refractivity (Wildman–Crippen MR) is 97.2 cm³/mol. The number of carbonyl (C=O) groups is 1. The molecule has 0 unspecified atom stereocenters. The van der Waals surface area contributed by atoms with E-state index < -0.39 is 6.36 Å². The van der Waals surface area contributed by atoms with Crippen LogP contribution in [0.15, 0.2) is 30.3 Å². The number of likely N-dealkylation sites (tertiary alicyclic amines) is 2. The van der Waals surface area contributed by atoms with Crippen LogP contribution in [0, 0.1) is 0 Å². The zero-order chi connectivity index (χ0) is 19.3. The fourth-order valence-corrected chi connectivity index (χ4v) is 3.80. The van der Waals surface area contributed by atoms with Crippen molar-refractivity contribution in [1.29, 1.82) is 0 Å². The van der Waals surface area contributed by atoms with Gasteiger partial charge in [0.15, 0.2) is 0 Å². The number of alkyl halides is 3. The molecule has 2 fully saturated rings. The summed E-state index contributed by atoms with van der Waals surface area (Å²) in [7, 11) is 0. The third-order valence-electron chi connectivity index (χ3n) is 5.11. The molecule has 0 saturated carbocycles. The highest BCUT2D eigenvalue weighted by Gasteiger charge is 2.31. The third kappa shape index (κ3) is 5.99. The Kier molecular flexibility index (Phi) is 6.42. The molecule has 2 saturated heterocycles. The molecule has 0 aliphatic carbocycles. The lowest BCUT2D eigenvalue weighted by molar-refractivity contribution is -0.274. The Morgan fingerprint density at radius 2 is 1.78 bits per heavy atom. The van der Waals surface area contributed by atoms with Gasteiger partial charge in [-0.25, -0.2) is 0 Å². The fraction of sp³-hybridized carbons (Fsp3) is 0.550. The van der Waals surface area contributed by atoms with Crippen molar-refractivity contribution >= 4 is 12.0 Å². The molecule has 7 heteroatoms. The molecule has 0 aromatic heterocycles. The van der Waals surface area contributed by atoms with Crippen LogP contribution in [0.25, 0.3) is 6.08 Å². The molecule has 1 atom stereocenters. The van der Waals surface area contributed by atoms with Crippen molar-refractivity contribution in [2.75, 3.05) is 26.2 Å². The van der Waals surface area contributed by atoms with Crippen molar-refractivity contribution in [3.8, 4) is 5.75 Å². The molecule has 3 rings (SSSR count). The van der Waals surface area contributed by atoms with E-state index in [9.17, 15) is 18.0 Å². The Labute approximate surface area is 157 Å². The van der Waals surface area contributed by atoms with Gasteiger partial charge in [0, 0.05) is 25.2 Å². The molecule has 27 heavy (non-hydrogen) atoms. The zero-order valence-corrected chi connectivity index (χ0v) is 15.3. The average Bonchev–Trinajstić information content (AvgIpc) is 3.09. The molecular formula is C20H25F3N2O2. The van der Waals surface area contributed by atoms with Crippen LogP contribution in [0.4, 0.5) is 13.2 Å². The van der Waals surface area contributed by atoms with Crippen LogP contribution in [0.2, 0.25) is 0 Å². The zero-order valence-electron chi connectivity index (χ0n) is 15.3. The lowest BCUT2D eigenvalue weighted by Gasteiger charge is -2.32. The van der Waals surface area contributed by atoms with E-state index in [4.69, 9.17) is 0 Å². The molecule has 1 aromatic rings. The normalized spacial score (nSPS) is 21.7. The number of halogens is 3. The second-order valence-corrected chi connectivity index (χ2v) is 7.14. The van der Waals surface area contributed by atoms with E-state index in [1.807, 2.05) is 4.90 Å². The first-order chi connectivity index (χ1) is 12.9. The number of ether oxygens (including phenoxy) is 1. The van der Waals surface area contributed by atoms with Crippen molar-refractivity contribution in [3.05, 3.63) is 35.9 Å². The Morgan fingerprint density at radius 3 is 2.44 bits per heavy atom. The Morgan fingerprint density at radius 1 is 1.07 bits per heavy atom. The van der Waals surface area contributed by atoms with Crippen LogP contribution in [0.3, 0.4) is 0 Å². The van der Waals surface area contributed by atoms with Gasteiger partial charge in [-0.3, -0.25) is 4.79 Å². The van der Waals surface area contributed by atoms with Crippen LogP contribution in [-0.4, -0.2) is 54.3 Å². The van der Waals surface area contributed by atoms with E-state index in [1.54, 1.807) is 6.08 Å². The van der Waals surface area contributed by atoms with Gasteiger partial charge in [0.1, 0.15) is 5.75 Å². The molecule has 1 aromatic carbocycles. The van der Waals surface area contributed by atoms with Crippen molar-refractivity contribution < 1.29 is 22.7 Å². The largest absolute Gasteiger partial charge is 0.573 e. The molecule has 2 aliphatic rings. The second kappa shape index (κ2) is 8.78. The Balaban J connectivity index is 1.55. The number of piperidine rings is 1. The van der Waals surface area contributed by atoms with Crippen LogP contribution in [-0.2, 0) is 4.79 Å². The van der Waals surface area contributed by atoms with E-state index in [0.29, 0.717) is 5.56 Å². The highest BCUT2D eigenvalue weighted by atomic mass is 19.4. The molecule has 4 nitrogen and oxygen atoms in total. The van der Waals surface area contributed by atoms with E-state index in [-0.39, 0.29) is 17.7 Å². The quantitative estimate of drug-likeness (QED) is 0.720. The molecule has 2 heterocycles. The van der Waals surface area contributed by atoms with E-state index in [2.05, 4.69) is 9.64 Å². The van der Waals surface area contributed by atoms with Crippen LogP contribution in [0.1, 0.15) is 37.7 Å². The maximum absolute atomic E-state index is 12.6. The summed E-state index contributed by atoms with van der Waals surface area (Å²) in [6, 6.07) is 5.74. The molecule has 0 bridgehead atoms. The van der Waals surface area contributed by atoms with Gasteiger partial charge in [-0.05, 0) is 62.5 Å². The number of amides is 1. The number of hydrogen-bond donors (Lipinski definition) is 0. The average molecular weight is 382 g/mol. The first-order valence-corrected chi connectivity index (χ1v) is 9.47. The minimum atomic E-state index is -4.70. The summed E-state index contributed by atoms with van der Waals surface area (Å²) in [6.07, 6.45) is 4.24. The number of nitrogens with zero attached hydrogens (tertiary/aromatic N) is 2. The fourth-order valence-electron chi connectivity index (χ4n) is 3.80. The highest BCUT2D eigenvalue weighted by Crippen LogP contribution is 2.24. The van der Waals surface area contributed by atoms with Crippen LogP contribution >= 0.6 is 0 Å². The summed E-state index contributed by atoms with van der Waals surface area (Å²) < 4.78 is 40.4. The first-order valence-electron chi connectivity index (χ1n) is 9.47. The number of hydrogen-bond acceptors (Lipinski definition) is 3. The van der Waals surface area contributed by atoms with E-state index in [0.717, 1.165) is 39.0 Å².